The minimum absolute atomic E-state index is 0.107. The Kier molecular flexibility index (Phi) is 3.23. The van der Waals surface area contributed by atoms with Crippen molar-refractivity contribution in [1.82, 2.24) is 0 Å². The molecule has 2 rings (SSSR count). The number of hydrogen-bond donors (Lipinski definition) is 3. The third-order valence-electron chi connectivity index (χ3n) is 3.35. The summed E-state index contributed by atoms with van der Waals surface area (Å²) in [6.45, 7) is 4.01. The lowest BCUT2D eigenvalue weighted by Gasteiger charge is -2.31. The minimum atomic E-state index is -1.05. The highest BCUT2D eigenvalue weighted by Gasteiger charge is 2.31. The van der Waals surface area contributed by atoms with Gasteiger partial charge in [-0.15, -0.1) is 0 Å². The quantitative estimate of drug-likeness (QED) is 0.766. The van der Waals surface area contributed by atoms with E-state index in [1.165, 1.54) is 6.07 Å². The van der Waals surface area contributed by atoms with E-state index in [-0.39, 0.29) is 23.4 Å². The fraction of sp³-hybridized carbons (Fsp3) is 0.385. The summed E-state index contributed by atoms with van der Waals surface area (Å²) >= 11 is 0. The molecule has 0 radical (unpaired) electrons. The van der Waals surface area contributed by atoms with Crippen LogP contribution >= 0.6 is 0 Å². The first kappa shape index (κ1) is 12.4. The molecule has 0 bridgehead atoms. The van der Waals surface area contributed by atoms with Gasteiger partial charge in [0.05, 0.1) is 16.9 Å². The van der Waals surface area contributed by atoms with Crippen LogP contribution in [0.5, 0.6) is 0 Å². The van der Waals surface area contributed by atoms with Gasteiger partial charge < -0.3 is 15.7 Å². The van der Waals surface area contributed by atoms with E-state index < -0.39 is 5.97 Å². The predicted octanol–water partition coefficient (Wildman–Crippen LogP) is 2.16. The van der Waals surface area contributed by atoms with Crippen LogP contribution in [0.15, 0.2) is 18.2 Å². The minimum Gasteiger partial charge on any atom is -0.478 e. The fourth-order valence-electron chi connectivity index (χ4n) is 2.06. The number of fused-ring (bicyclic) bond motifs is 1. The molecule has 3 N–H and O–H groups in total. The lowest BCUT2D eigenvalue weighted by Crippen LogP contribution is -2.43. The third kappa shape index (κ3) is 2.03. The van der Waals surface area contributed by atoms with Crippen molar-refractivity contribution in [3.63, 3.8) is 0 Å². The molecule has 1 aliphatic rings. The number of hydrogen-bond acceptors (Lipinski definition) is 3. The number of nitrogens with one attached hydrogen (secondary N) is 2. The van der Waals surface area contributed by atoms with E-state index >= 15 is 0 Å². The highest BCUT2D eigenvalue weighted by Crippen LogP contribution is 2.32. The Morgan fingerprint density at radius 3 is 2.83 bits per heavy atom. The Labute approximate surface area is 105 Å². The molecule has 0 saturated carbocycles. The second kappa shape index (κ2) is 4.68. The van der Waals surface area contributed by atoms with Crippen molar-refractivity contribution >= 4 is 23.3 Å². The zero-order valence-electron chi connectivity index (χ0n) is 10.4. The zero-order valence-corrected chi connectivity index (χ0v) is 10.4. The Hall–Kier alpha value is -2.04. The van der Waals surface area contributed by atoms with Gasteiger partial charge >= 0.3 is 5.97 Å². The SMILES string of the molecule is CCC(C)C1Nc2cccc(C(=O)O)c2NC1=O. The van der Waals surface area contributed by atoms with Crippen LogP contribution in [0.25, 0.3) is 0 Å². The normalized spacial score (nSPS) is 19.4. The van der Waals surface area contributed by atoms with Crippen LogP contribution in [0, 0.1) is 5.92 Å². The van der Waals surface area contributed by atoms with Gasteiger partial charge in [0, 0.05) is 0 Å². The van der Waals surface area contributed by atoms with E-state index in [1.54, 1.807) is 12.1 Å². The number of carbonyl (C=O) groups is 2. The van der Waals surface area contributed by atoms with Crippen molar-refractivity contribution in [1.29, 1.82) is 0 Å². The predicted molar refractivity (Wildman–Crippen MR) is 68.9 cm³/mol. The van der Waals surface area contributed by atoms with Crippen LogP contribution in [-0.4, -0.2) is 23.0 Å². The molecular weight excluding hydrogens is 232 g/mol. The van der Waals surface area contributed by atoms with Crippen molar-refractivity contribution in [2.75, 3.05) is 10.6 Å². The summed E-state index contributed by atoms with van der Waals surface area (Å²) in [5.74, 6) is -1.03. The molecular formula is C13H16N2O3. The molecule has 0 aromatic heterocycles. The fourth-order valence-corrected chi connectivity index (χ4v) is 2.06. The summed E-state index contributed by atoms with van der Waals surface area (Å²) in [6.07, 6.45) is 0.874. The Bertz CT molecular complexity index is 499. The Morgan fingerprint density at radius 1 is 1.50 bits per heavy atom. The maximum Gasteiger partial charge on any atom is 0.337 e. The highest BCUT2D eigenvalue weighted by molar-refractivity contribution is 6.09. The van der Waals surface area contributed by atoms with Crippen LogP contribution in [0.2, 0.25) is 0 Å². The molecule has 0 saturated heterocycles. The van der Waals surface area contributed by atoms with Crippen LogP contribution < -0.4 is 10.6 Å². The first-order chi connectivity index (χ1) is 8.54. The van der Waals surface area contributed by atoms with E-state index in [4.69, 9.17) is 5.11 Å². The summed E-state index contributed by atoms with van der Waals surface area (Å²) in [5, 5.41) is 14.9. The van der Waals surface area contributed by atoms with Crippen molar-refractivity contribution in [2.45, 2.75) is 26.3 Å². The van der Waals surface area contributed by atoms with E-state index in [2.05, 4.69) is 10.6 Å². The summed E-state index contributed by atoms with van der Waals surface area (Å²) in [6, 6.07) is 4.61. The molecule has 0 aliphatic carbocycles. The number of para-hydroxylation sites is 1. The Balaban J connectivity index is 2.39. The monoisotopic (exact) mass is 248 g/mol. The van der Waals surface area contributed by atoms with Gasteiger partial charge in [-0.25, -0.2) is 4.79 Å². The van der Waals surface area contributed by atoms with Crippen LogP contribution in [-0.2, 0) is 4.79 Å². The van der Waals surface area contributed by atoms with E-state index in [0.29, 0.717) is 11.4 Å². The molecule has 1 aliphatic heterocycles. The zero-order chi connectivity index (χ0) is 13.3. The van der Waals surface area contributed by atoms with Gasteiger partial charge in [0.25, 0.3) is 0 Å². The molecule has 1 heterocycles. The van der Waals surface area contributed by atoms with Gasteiger partial charge in [0.2, 0.25) is 5.91 Å². The molecule has 5 heteroatoms. The molecule has 2 unspecified atom stereocenters. The number of amides is 1. The number of rotatable bonds is 3. The molecule has 1 aromatic rings. The largest absolute Gasteiger partial charge is 0.478 e. The number of benzene rings is 1. The van der Waals surface area contributed by atoms with Gasteiger partial charge in [0.1, 0.15) is 6.04 Å². The number of carboxylic acid groups (broad SMARTS) is 1. The Morgan fingerprint density at radius 2 is 2.22 bits per heavy atom. The van der Waals surface area contributed by atoms with E-state index in [0.717, 1.165) is 6.42 Å². The molecule has 18 heavy (non-hydrogen) atoms. The average molecular weight is 248 g/mol. The number of anilines is 2. The van der Waals surface area contributed by atoms with Crippen molar-refractivity contribution in [3.05, 3.63) is 23.8 Å². The molecule has 0 spiro atoms. The molecule has 1 aromatic carbocycles. The van der Waals surface area contributed by atoms with Crippen LogP contribution in [0.3, 0.4) is 0 Å². The maximum absolute atomic E-state index is 12.0. The number of aromatic carboxylic acids is 1. The average Bonchev–Trinajstić information content (AvgIpc) is 2.36. The van der Waals surface area contributed by atoms with E-state index in [9.17, 15) is 9.59 Å². The van der Waals surface area contributed by atoms with Crippen molar-refractivity contribution < 1.29 is 14.7 Å². The van der Waals surface area contributed by atoms with Gasteiger partial charge in [-0.1, -0.05) is 26.3 Å². The molecule has 96 valence electrons. The molecule has 0 fully saturated rings. The molecule has 5 nitrogen and oxygen atoms in total. The first-order valence-electron chi connectivity index (χ1n) is 5.98. The summed E-state index contributed by atoms with van der Waals surface area (Å²) < 4.78 is 0. The molecule has 2 atom stereocenters. The van der Waals surface area contributed by atoms with Crippen molar-refractivity contribution in [3.8, 4) is 0 Å². The van der Waals surface area contributed by atoms with Gasteiger partial charge in [0.15, 0.2) is 0 Å². The standard InChI is InChI=1S/C13H16N2O3/c1-3-7(2)10-12(16)15-11-8(13(17)18)5-4-6-9(11)14-10/h4-7,10,14H,3H2,1-2H3,(H,15,16)(H,17,18). The van der Waals surface area contributed by atoms with Crippen molar-refractivity contribution in [2.24, 2.45) is 5.92 Å². The van der Waals surface area contributed by atoms with Gasteiger partial charge in [-0.3, -0.25) is 4.79 Å². The summed E-state index contributed by atoms with van der Waals surface area (Å²) in [7, 11) is 0. The first-order valence-corrected chi connectivity index (χ1v) is 5.98. The summed E-state index contributed by atoms with van der Waals surface area (Å²) in [4.78, 5) is 23.0. The number of carbonyl (C=O) groups excluding carboxylic acids is 1. The summed E-state index contributed by atoms with van der Waals surface area (Å²) in [5.41, 5.74) is 1.13. The maximum atomic E-state index is 12.0. The number of carboxylic acids is 1. The smallest absolute Gasteiger partial charge is 0.337 e. The third-order valence-corrected chi connectivity index (χ3v) is 3.35. The topological polar surface area (TPSA) is 78.4 Å². The highest BCUT2D eigenvalue weighted by atomic mass is 16.4. The van der Waals surface area contributed by atoms with Gasteiger partial charge in [-0.2, -0.15) is 0 Å². The molecule has 1 amide bonds. The van der Waals surface area contributed by atoms with E-state index in [1.807, 2.05) is 13.8 Å². The second-order valence-corrected chi connectivity index (χ2v) is 4.53. The van der Waals surface area contributed by atoms with Gasteiger partial charge in [-0.05, 0) is 18.1 Å². The second-order valence-electron chi connectivity index (χ2n) is 4.53. The lowest BCUT2D eigenvalue weighted by atomic mass is 9.95. The van der Waals surface area contributed by atoms with Crippen LogP contribution in [0.4, 0.5) is 11.4 Å². The lowest BCUT2D eigenvalue weighted by molar-refractivity contribution is -0.118. The van der Waals surface area contributed by atoms with Crippen LogP contribution in [0.1, 0.15) is 30.6 Å².